The van der Waals surface area contributed by atoms with E-state index in [4.69, 9.17) is 35.1 Å². The van der Waals surface area contributed by atoms with Crippen molar-refractivity contribution >= 4 is 23.6 Å². The number of hydrogen-bond donors (Lipinski definition) is 0. The van der Waals surface area contributed by atoms with Gasteiger partial charge in [-0.15, -0.1) is 0 Å². The van der Waals surface area contributed by atoms with Crippen LogP contribution in [0.25, 0.3) is 17.5 Å². The van der Waals surface area contributed by atoms with Gasteiger partial charge in [-0.05, 0) is 35.9 Å². The molecule has 0 N–H and O–H groups in total. The molecule has 2 heterocycles. The maximum atomic E-state index is 12.0. The molecule has 0 unspecified atom stereocenters. The highest BCUT2D eigenvalue weighted by Crippen LogP contribution is 2.40. The van der Waals surface area contributed by atoms with Crippen molar-refractivity contribution in [2.24, 2.45) is 0 Å². The second-order valence-electron chi connectivity index (χ2n) is 5.89. The molecule has 0 saturated carbocycles. The van der Waals surface area contributed by atoms with Gasteiger partial charge < -0.3 is 23.5 Å². The summed E-state index contributed by atoms with van der Waals surface area (Å²) in [7, 11) is 1.56. The van der Waals surface area contributed by atoms with Crippen molar-refractivity contribution in [1.29, 1.82) is 0 Å². The van der Waals surface area contributed by atoms with Gasteiger partial charge in [-0.25, -0.2) is 4.79 Å². The highest BCUT2D eigenvalue weighted by atomic mass is 35.5. The van der Waals surface area contributed by atoms with Gasteiger partial charge in [0.1, 0.15) is 5.75 Å². The number of para-hydroxylation sites is 1. The fourth-order valence-electron chi connectivity index (χ4n) is 2.68. The molecule has 0 bridgehead atoms. The van der Waals surface area contributed by atoms with Gasteiger partial charge in [0.15, 0.2) is 18.1 Å². The van der Waals surface area contributed by atoms with E-state index >= 15 is 0 Å². The number of methoxy groups -OCH3 is 1. The summed E-state index contributed by atoms with van der Waals surface area (Å²) < 4.78 is 26.1. The lowest BCUT2D eigenvalue weighted by Gasteiger charge is -2.03. The van der Waals surface area contributed by atoms with Gasteiger partial charge in [0, 0.05) is 6.08 Å². The first-order chi connectivity index (χ1) is 14.1. The standard InChI is InChI=1S/C20H15ClN2O6/c1-25-15-5-3-2-4-13(15)20-22-17(29-23-20)10-26-18(24)7-6-12-8-14(21)19-16(9-12)27-11-28-19/h2-9H,10-11H2,1H3/b7-6+. The molecule has 0 fully saturated rings. The Kier molecular flexibility index (Phi) is 5.35. The summed E-state index contributed by atoms with van der Waals surface area (Å²) in [6.45, 7) is -0.0431. The second-order valence-corrected chi connectivity index (χ2v) is 6.30. The minimum atomic E-state index is -0.573. The summed E-state index contributed by atoms with van der Waals surface area (Å²) in [5.74, 6) is 1.57. The van der Waals surface area contributed by atoms with Crippen LogP contribution < -0.4 is 14.2 Å². The molecular formula is C20H15ClN2O6. The van der Waals surface area contributed by atoms with Crippen molar-refractivity contribution in [1.82, 2.24) is 10.1 Å². The number of carbonyl (C=O) groups excluding carboxylic acids is 1. The molecule has 0 spiro atoms. The zero-order chi connectivity index (χ0) is 20.2. The van der Waals surface area contributed by atoms with Crippen molar-refractivity contribution in [2.45, 2.75) is 6.61 Å². The molecule has 4 rings (SSSR count). The van der Waals surface area contributed by atoms with E-state index in [0.717, 1.165) is 0 Å². The fourth-order valence-corrected chi connectivity index (χ4v) is 2.95. The number of nitrogens with zero attached hydrogens (tertiary/aromatic N) is 2. The second kappa shape index (κ2) is 8.24. The zero-order valence-corrected chi connectivity index (χ0v) is 16.0. The highest BCUT2D eigenvalue weighted by Gasteiger charge is 2.18. The molecule has 29 heavy (non-hydrogen) atoms. The Labute approximate surface area is 170 Å². The number of hydrogen-bond acceptors (Lipinski definition) is 8. The molecule has 9 heteroatoms. The molecule has 0 amide bonds. The third-order valence-electron chi connectivity index (χ3n) is 4.02. The van der Waals surface area contributed by atoms with Crippen molar-refractivity contribution < 1.29 is 28.3 Å². The normalized spacial score (nSPS) is 12.3. The molecule has 0 aliphatic carbocycles. The fraction of sp³-hybridized carbons (Fsp3) is 0.150. The van der Waals surface area contributed by atoms with Crippen LogP contribution in [0.5, 0.6) is 17.2 Å². The van der Waals surface area contributed by atoms with Crippen molar-refractivity contribution in [2.75, 3.05) is 13.9 Å². The predicted octanol–water partition coefficient (Wildman–Crippen LogP) is 3.88. The van der Waals surface area contributed by atoms with Crippen LogP contribution in [0.1, 0.15) is 11.5 Å². The molecule has 1 aromatic heterocycles. The third-order valence-corrected chi connectivity index (χ3v) is 4.30. The number of rotatable bonds is 6. The van der Waals surface area contributed by atoms with E-state index in [1.807, 2.05) is 12.1 Å². The minimum absolute atomic E-state index is 0.116. The first-order valence-corrected chi connectivity index (χ1v) is 8.92. The number of benzene rings is 2. The number of ether oxygens (including phenoxy) is 4. The minimum Gasteiger partial charge on any atom is -0.496 e. The molecule has 0 saturated heterocycles. The van der Waals surface area contributed by atoms with E-state index in [2.05, 4.69) is 10.1 Å². The predicted molar refractivity (Wildman–Crippen MR) is 103 cm³/mol. The highest BCUT2D eigenvalue weighted by molar-refractivity contribution is 6.32. The molecule has 1 aliphatic rings. The van der Waals surface area contributed by atoms with Crippen LogP contribution >= 0.6 is 11.6 Å². The van der Waals surface area contributed by atoms with Crippen LogP contribution in [0.3, 0.4) is 0 Å². The SMILES string of the molecule is COc1ccccc1-c1noc(COC(=O)/C=C/c2cc(Cl)c3c(c2)OCO3)n1. The number of esters is 1. The van der Waals surface area contributed by atoms with E-state index in [0.29, 0.717) is 39.2 Å². The maximum Gasteiger partial charge on any atom is 0.331 e. The number of carbonyl (C=O) groups is 1. The molecule has 0 radical (unpaired) electrons. The molecule has 3 aromatic rings. The van der Waals surface area contributed by atoms with Gasteiger partial charge in [-0.2, -0.15) is 4.98 Å². The Bertz CT molecular complexity index is 1080. The van der Waals surface area contributed by atoms with Crippen LogP contribution in [0.15, 0.2) is 47.0 Å². The van der Waals surface area contributed by atoms with Crippen LogP contribution in [-0.2, 0) is 16.1 Å². The van der Waals surface area contributed by atoms with Gasteiger partial charge in [-0.1, -0.05) is 28.9 Å². The van der Waals surface area contributed by atoms with E-state index in [1.165, 1.54) is 6.08 Å². The van der Waals surface area contributed by atoms with Crippen LogP contribution in [0, 0.1) is 0 Å². The lowest BCUT2D eigenvalue weighted by molar-refractivity contribution is -0.139. The summed E-state index contributed by atoms with van der Waals surface area (Å²) in [5.41, 5.74) is 1.35. The average molecular weight is 415 g/mol. The Balaban J connectivity index is 1.37. The Hall–Kier alpha value is -3.52. The van der Waals surface area contributed by atoms with E-state index in [1.54, 1.807) is 37.5 Å². The topological polar surface area (TPSA) is 92.9 Å². The molecule has 148 valence electrons. The average Bonchev–Trinajstić information content (AvgIpc) is 3.40. The zero-order valence-electron chi connectivity index (χ0n) is 15.3. The molecule has 2 aromatic carbocycles. The van der Waals surface area contributed by atoms with Crippen LogP contribution in [0.4, 0.5) is 0 Å². The van der Waals surface area contributed by atoms with E-state index in [9.17, 15) is 4.79 Å². The summed E-state index contributed by atoms with van der Waals surface area (Å²) in [5, 5.41) is 4.30. The Morgan fingerprint density at radius 3 is 3.00 bits per heavy atom. The lowest BCUT2D eigenvalue weighted by atomic mass is 10.2. The van der Waals surface area contributed by atoms with Gasteiger partial charge >= 0.3 is 5.97 Å². The summed E-state index contributed by atoms with van der Waals surface area (Å²) >= 11 is 6.11. The van der Waals surface area contributed by atoms with Crippen LogP contribution in [0.2, 0.25) is 5.02 Å². The Morgan fingerprint density at radius 2 is 2.14 bits per heavy atom. The third kappa shape index (κ3) is 4.17. The molecular weight excluding hydrogens is 400 g/mol. The molecule has 0 atom stereocenters. The smallest absolute Gasteiger partial charge is 0.331 e. The van der Waals surface area contributed by atoms with Gasteiger partial charge in [0.05, 0.1) is 17.7 Å². The quantitative estimate of drug-likeness (QED) is 0.443. The summed E-state index contributed by atoms with van der Waals surface area (Å²) in [6, 6.07) is 10.6. The van der Waals surface area contributed by atoms with E-state index in [-0.39, 0.29) is 19.3 Å². The monoisotopic (exact) mass is 414 g/mol. The maximum absolute atomic E-state index is 12.0. The largest absolute Gasteiger partial charge is 0.496 e. The molecule has 1 aliphatic heterocycles. The van der Waals surface area contributed by atoms with Gasteiger partial charge in [0.25, 0.3) is 5.89 Å². The lowest BCUT2D eigenvalue weighted by Crippen LogP contribution is -2.01. The number of halogens is 1. The number of aromatic nitrogens is 2. The first-order valence-electron chi connectivity index (χ1n) is 8.54. The first kappa shape index (κ1) is 18.8. The van der Waals surface area contributed by atoms with Crippen LogP contribution in [-0.4, -0.2) is 30.0 Å². The number of fused-ring (bicyclic) bond motifs is 1. The van der Waals surface area contributed by atoms with Crippen molar-refractivity contribution in [3.05, 3.63) is 59.0 Å². The van der Waals surface area contributed by atoms with E-state index < -0.39 is 5.97 Å². The Morgan fingerprint density at radius 1 is 1.28 bits per heavy atom. The molecule has 8 nitrogen and oxygen atoms in total. The summed E-state index contributed by atoms with van der Waals surface area (Å²) in [6.07, 6.45) is 2.83. The van der Waals surface area contributed by atoms with Gasteiger partial charge in [-0.3, -0.25) is 0 Å². The van der Waals surface area contributed by atoms with Crippen molar-refractivity contribution in [3.63, 3.8) is 0 Å². The van der Waals surface area contributed by atoms with Crippen molar-refractivity contribution in [3.8, 4) is 28.6 Å². The van der Waals surface area contributed by atoms with Gasteiger partial charge in [0.2, 0.25) is 12.6 Å². The summed E-state index contributed by atoms with van der Waals surface area (Å²) in [4.78, 5) is 16.2.